The highest BCUT2D eigenvalue weighted by Crippen LogP contribution is 2.39. The van der Waals surface area contributed by atoms with E-state index in [-0.39, 0.29) is 17.1 Å². The molecule has 1 N–H and O–H groups in total. The van der Waals surface area contributed by atoms with Gasteiger partial charge in [-0.05, 0) is 69.4 Å². The molecule has 0 saturated heterocycles. The molecule has 1 aromatic carbocycles. The van der Waals surface area contributed by atoms with Crippen molar-refractivity contribution in [3.8, 4) is 0 Å². The number of benzene rings is 1. The van der Waals surface area contributed by atoms with Gasteiger partial charge in [-0.2, -0.15) is 0 Å². The van der Waals surface area contributed by atoms with Gasteiger partial charge in [0.25, 0.3) is 0 Å². The number of halogens is 1. The molecule has 27 heavy (non-hydrogen) atoms. The Morgan fingerprint density at radius 3 is 2.67 bits per heavy atom. The summed E-state index contributed by atoms with van der Waals surface area (Å²) in [5.41, 5.74) is 1.60. The summed E-state index contributed by atoms with van der Waals surface area (Å²) in [5.74, 6) is -0.468. The minimum Gasteiger partial charge on any atom is -0.462 e. The Hall–Kier alpha value is -1.50. The van der Waals surface area contributed by atoms with Crippen LogP contribution in [0.1, 0.15) is 47.5 Å². The summed E-state index contributed by atoms with van der Waals surface area (Å²) >= 11 is 8.88. The summed E-state index contributed by atoms with van der Waals surface area (Å²) in [5, 5.41) is 3.95. The second kappa shape index (κ2) is 9.13. The Bertz CT molecular complexity index is 832. The molecule has 4 nitrogen and oxygen atoms in total. The van der Waals surface area contributed by atoms with Gasteiger partial charge in [-0.1, -0.05) is 11.6 Å². The van der Waals surface area contributed by atoms with E-state index in [4.69, 9.17) is 16.3 Å². The first-order valence-corrected chi connectivity index (χ1v) is 11.1. The van der Waals surface area contributed by atoms with E-state index in [9.17, 15) is 9.59 Å². The molecule has 7 heteroatoms. The first-order chi connectivity index (χ1) is 13.0. The van der Waals surface area contributed by atoms with Gasteiger partial charge in [-0.3, -0.25) is 4.79 Å². The number of carbonyl (C=O) groups excluding carboxylic acids is 2. The minimum absolute atomic E-state index is 0.126. The molecule has 1 unspecified atom stereocenters. The summed E-state index contributed by atoms with van der Waals surface area (Å²) < 4.78 is 5.24. The van der Waals surface area contributed by atoms with Gasteiger partial charge in [0.05, 0.1) is 17.4 Å². The van der Waals surface area contributed by atoms with Crippen molar-refractivity contribution in [1.29, 1.82) is 0 Å². The molecular weight excluding hydrogens is 402 g/mol. The number of aryl methyl sites for hydroxylation is 1. The standard InChI is InChI=1S/C20H22ClNO3S2/c1-3-25-20(24)17-15-6-4-5-7-16(15)27-19(17)22-18(23)12(2)26-14-10-8-13(21)9-11-14/h8-12H,3-7H2,1-2H3,(H,22,23). The minimum atomic E-state index is -0.342. The highest BCUT2D eigenvalue weighted by Gasteiger charge is 2.28. The average Bonchev–Trinajstić information content (AvgIpc) is 3.01. The zero-order chi connectivity index (χ0) is 19.4. The van der Waals surface area contributed by atoms with Gasteiger partial charge < -0.3 is 10.1 Å². The number of ether oxygens (including phenoxy) is 1. The van der Waals surface area contributed by atoms with E-state index in [1.54, 1.807) is 19.1 Å². The third-order valence-corrected chi connectivity index (χ3v) is 6.95. The third-order valence-electron chi connectivity index (χ3n) is 4.38. The molecule has 0 fully saturated rings. The lowest BCUT2D eigenvalue weighted by Gasteiger charge is -2.13. The fraction of sp³-hybridized carbons (Fsp3) is 0.400. The SMILES string of the molecule is CCOC(=O)c1c(NC(=O)C(C)Sc2ccc(Cl)cc2)sc2c1CCCC2. The Morgan fingerprint density at radius 1 is 1.26 bits per heavy atom. The molecule has 1 aromatic heterocycles. The number of thioether (sulfide) groups is 1. The van der Waals surface area contributed by atoms with E-state index in [0.717, 1.165) is 36.1 Å². The molecule has 1 aliphatic rings. The molecule has 0 spiro atoms. The van der Waals surface area contributed by atoms with Crippen LogP contribution in [-0.4, -0.2) is 23.7 Å². The van der Waals surface area contributed by atoms with Crippen LogP contribution in [0.5, 0.6) is 0 Å². The van der Waals surface area contributed by atoms with Crippen LogP contribution in [0.4, 0.5) is 5.00 Å². The average molecular weight is 424 g/mol. The van der Waals surface area contributed by atoms with Crippen LogP contribution in [0.3, 0.4) is 0 Å². The maximum absolute atomic E-state index is 12.7. The second-order valence-corrected chi connectivity index (χ2v) is 9.29. The van der Waals surface area contributed by atoms with Crippen LogP contribution >= 0.6 is 34.7 Å². The quantitative estimate of drug-likeness (QED) is 0.487. The molecular formula is C20H22ClNO3S2. The van der Waals surface area contributed by atoms with Crippen molar-refractivity contribution in [3.05, 3.63) is 45.3 Å². The van der Waals surface area contributed by atoms with Crippen molar-refractivity contribution < 1.29 is 14.3 Å². The third kappa shape index (κ3) is 4.86. The molecule has 144 valence electrons. The van der Waals surface area contributed by atoms with Crippen molar-refractivity contribution in [2.75, 3.05) is 11.9 Å². The number of amides is 1. The predicted octanol–water partition coefficient (Wildman–Crippen LogP) is 5.58. The Balaban J connectivity index is 1.77. The molecule has 0 radical (unpaired) electrons. The van der Waals surface area contributed by atoms with E-state index < -0.39 is 0 Å². The molecule has 1 aliphatic carbocycles. The van der Waals surface area contributed by atoms with E-state index in [1.807, 2.05) is 19.1 Å². The zero-order valence-electron chi connectivity index (χ0n) is 15.3. The lowest BCUT2D eigenvalue weighted by atomic mass is 9.95. The number of carbonyl (C=O) groups is 2. The summed E-state index contributed by atoms with van der Waals surface area (Å²) in [6.07, 6.45) is 4.00. The smallest absolute Gasteiger partial charge is 0.341 e. The van der Waals surface area contributed by atoms with Crippen LogP contribution in [0.25, 0.3) is 0 Å². The second-order valence-electron chi connectivity index (χ2n) is 6.34. The normalized spacial score (nSPS) is 14.3. The largest absolute Gasteiger partial charge is 0.462 e. The summed E-state index contributed by atoms with van der Waals surface area (Å²) in [7, 11) is 0. The van der Waals surface area contributed by atoms with Crippen LogP contribution < -0.4 is 5.32 Å². The van der Waals surface area contributed by atoms with E-state index >= 15 is 0 Å². The van der Waals surface area contributed by atoms with Gasteiger partial charge in [0, 0.05) is 14.8 Å². The Kier molecular flexibility index (Phi) is 6.84. The molecule has 1 heterocycles. The number of rotatable bonds is 6. The molecule has 0 aliphatic heterocycles. The molecule has 0 saturated carbocycles. The van der Waals surface area contributed by atoms with Gasteiger partial charge in [-0.15, -0.1) is 23.1 Å². The summed E-state index contributed by atoms with van der Waals surface area (Å²) in [4.78, 5) is 27.4. The number of hydrogen-bond donors (Lipinski definition) is 1. The van der Waals surface area contributed by atoms with Crippen molar-refractivity contribution >= 4 is 51.6 Å². The van der Waals surface area contributed by atoms with E-state index in [2.05, 4.69) is 5.32 Å². The zero-order valence-corrected chi connectivity index (χ0v) is 17.7. The fourth-order valence-corrected chi connectivity index (χ4v) is 5.33. The number of esters is 1. The van der Waals surface area contributed by atoms with Crippen molar-refractivity contribution in [2.45, 2.75) is 49.7 Å². The van der Waals surface area contributed by atoms with Gasteiger partial charge in [0.15, 0.2) is 0 Å². The van der Waals surface area contributed by atoms with Crippen molar-refractivity contribution in [3.63, 3.8) is 0 Å². The van der Waals surface area contributed by atoms with Crippen LogP contribution in [0, 0.1) is 0 Å². The molecule has 1 amide bonds. The maximum atomic E-state index is 12.7. The molecule has 2 aromatic rings. The predicted molar refractivity (Wildman–Crippen MR) is 112 cm³/mol. The lowest BCUT2D eigenvalue weighted by molar-refractivity contribution is -0.115. The monoisotopic (exact) mass is 423 g/mol. The topological polar surface area (TPSA) is 55.4 Å². The summed E-state index contributed by atoms with van der Waals surface area (Å²) in [6.45, 7) is 3.96. The van der Waals surface area contributed by atoms with Crippen LogP contribution in [-0.2, 0) is 22.4 Å². The fourth-order valence-electron chi connectivity index (χ4n) is 3.06. The summed E-state index contributed by atoms with van der Waals surface area (Å²) in [6, 6.07) is 7.40. The highest BCUT2D eigenvalue weighted by atomic mass is 35.5. The molecule has 0 bridgehead atoms. The first kappa shape index (κ1) is 20.2. The van der Waals surface area contributed by atoms with Crippen LogP contribution in [0.15, 0.2) is 29.2 Å². The number of fused-ring (bicyclic) bond motifs is 1. The number of nitrogens with one attached hydrogen (secondary N) is 1. The first-order valence-electron chi connectivity index (χ1n) is 9.04. The van der Waals surface area contributed by atoms with Crippen molar-refractivity contribution in [1.82, 2.24) is 0 Å². The van der Waals surface area contributed by atoms with Gasteiger partial charge in [0.2, 0.25) is 5.91 Å². The number of anilines is 1. The molecule has 1 atom stereocenters. The van der Waals surface area contributed by atoms with Crippen LogP contribution in [0.2, 0.25) is 5.02 Å². The maximum Gasteiger partial charge on any atom is 0.341 e. The van der Waals surface area contributed by atoms with E-state index in [0.29, 0.717) is 22.2 Å². The highest BCUT2D eigenvalue weighted by molar-refractivity contribution is 8.00. The lowest BCUT2D eigenvalue weighted by Crippen LogP contribution is -2.23. The number of hydrogen-bond acceptors (Lipinski definition) is 5. The van der Waals surface area contributed by atoms with Gasteiger partial charge >= 0.3 is 5.97 Å². The van der Waals surface area contributed by atoms with Crippen molar-refractivity contribution in [2.24, 2.45) is 0 Å². The molecule has 3 rings (SSSR count). The van der Waals surface area contributed by atoms with E-state index in [1.165, 1.54) is 28.0 Å². The van der Waals surface area contributed by atoms with Gasteiger partial charge in [0.1, 0.15) is 5.00 Å². The Labute approximate surface area is 172 Å². The van der Waals surface area contributed by atoms with Gasteiger partial charge in [-0.25, -0.2) is 4.79 Å². The number of thiophene rings is 1. The Morgan fingerprint density at radius 2 is 1.96 bits per heavy atom.